The molecule has 0 saturated carbocycles. The van der Waals surface area contributed by atoms with E-state index in [1.807, 2.05) is 0 Å². The zero-order chi connectivity index (χ0) is 14.3. The van der Waals surface area contributed by atoms with Crippen LogP contribution in [0.5, 0.6) is 0 Å². The van der Waals surface area contributed by atoms with Gasteiger partial charge in [0.2, 0.25) is 5.96 Å². The first-order valence-corrected chi connectivity index (χ1v) is 6.03. The summed E-state index contributed by atoms with van der Waals surface area (Å²) in [6.45, 7) is 0. The smallest absolute Gasteiger partial charge is 0.371 e. The van der Waals surface area contributed by atoms with Crippen molar-refractivity contribution in [3.8, 4) is 0 Å². The molecule has 1 rings (SSSR count). The van der Waals surface area contributed by atoms with Crippen LogP contribution >= 0.6 is 11.8 Å². The molecular weight excluding hydrogens is 268 g/mol. The average molecular weight is 282 g/mol. The lowest BCUT2D eigenvalue weighted by Gasteiger charge is -2.09. The number of nitrogens with one attached hydrogen (secondary N) is 2. The minimum absolute atomic E-state index is 0.215. The molecule has 0 spiro atoms. The first-order chi connectivity index (χ1) is 9.05. The predicted octanol–water partition coefficient (Wildman–Crippen LogP) is 1.61. The molecule has 19 heavy (non-hydrogen) atoms. The third kappa shape index (κ3) is 5.30. The van der Waals surface area contributed by atoms with E-state index in [-0.39, 0.29) is 5.96 Å². The molecule has 0 atom stereocenters. The Labute approximate surface area is 114 Å². The number of hydrogen-bond acceptors (Lipinski definition) is 5. The van der Waals surface area contributed by atoms with Crippen molar-refractivity contribution in [2.45, 2.75) is 4.90 Å². The number of thioether (sulfide) groups is 1. The second-order valence-corrected chi connectivity index (χ2v) is 4.28. The zero-order valence-electron chi connectivity index (χ0n) is 10.5. The molecule has 0 bridgehead atoms. The number of aliphatic imine (C=N–C) groups is 1. The minimum Gasteiger partial charge on any atom is -0.461 e. The fraction of sp³-hybridized carbons (Fsp3) is 0.182. The molecule has 102 valence electrons. The summed E-state index contributed by atoms with van der Waals surface area (Å²) in [5.74, 6) is 0.215. The van der Waals surface area contributed by atoms with Gasteiger partial charge in [-0.25, -0.2) is 9.59 Å². The van der Waals surface area contributed by atoms with E-state index in [2.05, 4.69) is 20.4 Å². The van der Waals surface area contributed by atoms with Crippen molar-refractivity contribution in [3.63, 3.8) is 0 Å². The van der Waals surface area contributed by atoms with Crippen LogP contribution in [0.25, 0.3) is 0 Å². The van der Waals surface area contributed by atoms with Crippen LogP contribution in [0.1, 0.15) is 0 Å². The number of guanidine groups is 1. The number of benzene rings is 1. The van der Waals surface area contributed by atoms with Gasteiger partial charge >= 0.3 is 11.3 Å². The minimum atomic E-state index is -0.715. The topological polar surface area (TPSA) is 106 Å². The Morgan fingerprint density at radius 2 is 2.16 bits per heavy atom. The van der Waals surface area contributed by atoms with Gasteiger partial charge in [-0.3, -0.25) is 10.3 Å². The van der Waals surface area contributed by atoms with E-state index >= 15 is 0 Å². The molecular formula is C11H14N4O3S. The van der Waals surface area contributed by atoms with Crippen molar-refractivity contribution < 1.29 is 14.3 Å². The Bertz CT molecular complexity index is 504. The number of carbonyl (C=O) groups is 2. The monoisotopic (exact) mass is 282 g/mol. The molecule has 8 heteroatoms. The van der Waals surface area contributed by atoms with Gasteiger partial charge in [-0.2, -0.15) is 0 Å². The molecule has 0 heterocycles. The molecule has 0 radical (unpaired) electrons. The van der Waals surface area contributed by atoms with Crippen LogP contribution in [0.15, 0.2) is 34.2 Å². The lowest BCUT2D eigenvalue weighted by Crippen LogP contribution is -2.39. The predicted molar refractivity (Wildman–Crippen MR) is 74.4 cm³/mol. The van der Waals surface area contributed by atoms with Gasteiger partial charge in [0.05, 0.1) is 7.11 Å². The molecule has 0 aromatic heterocycles. The molecule has 0 aliphatic heterocycles. The third-order valence-corrected chi connectivity index (χ3v) is 2.75. The molecule has 0 saturated heterocycles. The van der Waals surface area contributed by atoms with Crippen LogP contribution < -0.4 is 16.4 Å². The third-order valence-electron chi connectivity index (χ3n) is 1.93. The number of nitrogens with two attached hydrogens (primary N) is 1. The van der Waals surface area contributed by atoms with Gasteiger partial charge in [0.25, 0.3) is 0 Å². The van der Waals surface area contributed by atoms with Crippen molar-refractivity contribution in [2.24, 2.45) is 10.7 Å². The van der Waals surface area contributed by atoms with Crippen LogP contribution in [-0.2, 0) is 4.74 Å². The van der Waals surface area contributed by atoms with Gasteiger partial charge in [0, 0.05) is 17.6 Å². The lowest BCUT2D eigenvalue weighted by molar-refractivity contribution is 0.200. The van der Waals surface area contributed by atoms with Crippen LogP contribution in [0.2, 0.25) is 0 Å². The number of primary amides is 1. The van der Waals surface area contributed by atoms with Crippen LogP contribution in [0.3, 0.4) is 0 Å². The highest BCUT2D eigenvalue weighted by atomic mass is 32.2. The van der Waals surface area contributed by atoms with Crippen LogP contribution in [-0.4, -0.2) is 31.4 Å². The van der Waals surface area contributed by atoms with Crippen LogP contribution in [0, 0.1) is 0 Å². The van der Waals surface area contributed by atoms with E-state index in [4.69, 9.17) is 5.73 Å². The molecule has 1 aromatic carbocycles. The molecule has 0 fully saturated rings. The maximum atomic E-state index is 11.1. The van der Waals surface area contributed by atoms with Gasteiger partial charge in [0.1, 0.15) is 0 Å². The first-order valence-electron chi connectivity index (χ1n) is 5.21. The van der Waals surface area contributed by atoms with E-state index in [0.29, 0.717) is 10.6 Å². The number of nitrogens with zero attached hydrogens (tertiary/aromatic N) is 1. The molecule has 0 unspecified atom stereocenters. The SMILES string of the molecule is CN=C(NC(N)=O)Nc1cccc(SC(=O)OC)c1. The fourth-order valence-corrected chi connectivity index (χ4v) is 1.78. The number of methoxy groups -OCH3 is 1. The Morgan fingerprint density at radius 3 is 2.74 bits per heavy atom. The summed E-state index contributed by atoms with van der Waals surface area (Å²) in [5.41, 5.74) is 5.66. The van der Waals surface area contributed by atoms with Crippen molar-refractivity contribution in [2.75, 3.05) is 19.5 Å². The number of anilines is 1. The number of urea groups is 1. The fourth-order valence-electron chi connectivity index (χ4n) is 1.17. The molecule has 4 N–H and O–H groups in total. The maximum Gasteiger partial charge on any atom is 0.371 e. The highest BCUT2D eigenvalue weighted by Crippen LogP contribution is 2.22. The average Bonchev–Trinajstić information content (AvgIpc) is 2.37. The van der Waals surface area contributed by atoms with E-state index < -0.39 is 11.3 Å². The quantitative estimate of drug-likeness (QED) is 0.331. The van der Waals surface area contributed by atoms with Gasteiger partial charge < -0.3 is 15.8 Å². The van der Waals surface area contributed by atoms with Gasteiger partial charge in [-0.1, -0.05) is 6.07 Å². The summed E-state index contributed by atoms with van der Waals surface area (Å²) in [5, 5.41) is 4.79. The van der Waals surface area contributed by atoms with E-state index in [0.717, 1.165) is 11.8 Å². The molecule has 7 nitrogen and oxygen atoms in total. The van der Waals surface area contributed by atoms with Gasteiger partial charge in [-0.15, -0.1) is 0 Å². The molecule has 0 aliphatic rings. The number of carbonyl (C=O) groups excluding carboxylic acids is 2. The molecule has 0 aliphatic carbocycles. The normalized spacial score (nSPS) is 10.7. The Morgan fingerprint density at radius 1 is 1.42 bits per heavy atom. The Balaban J connectivity index is 2.76. The first kappa shape index (κ1) is 14.8. The highest BCUT2D eigenvalue weighted by Gasteiger charge is 2.06. The zero-order valence-corrected chi connectivity index (χ0v) is 11.3. The molecule has 1 aromatic rings. The summed E-state index contributed by atoms with van der Waals surface area (Å²) in [4.78, 5) is 26.4. The van der Waals surface area contributed by atoms with Crippen molar-refractivity contribution >= 4 is 34.7 Å². The maximum absolute atomic E-state index is 11.1. The van der Waals surface area contributed by atoms with Gasteiger partial charge in [-0.05, 0) is 30.0 Å². The second kappa shape index (κ2) is 7.27. The van der Waals surface area contributed by atoms with E-state index in [1.165, 1.54) is 14.2 Å². The second-order valence-electron chi connectivity index (χ2n) is 3.27. The summed E-state index contributed by atoms with van der Waals surface area (Å²) in [6, 6.07) is 6.28. The number of rotatable bonds is 2. The lowest BCUT2D eigenvalue weighted by atomic mass is 10.3. The van der Waals surface area contributed by atoms with Crippen molar-refractivity contribution in [1.82, 2.24) is 5.32 Å². The summed E-state index contributed by atoms with van der Waals surface area (Å²) >= 11 is 0.953. The summed E-state index contributed by atoms with van der Waals surface area (Å²) < 4.78 is 4.56. The summed E-state index contributed by atoms with van der Waals surface area (Å²) in [6.07, 6.45) is 0. The van der Waals surface area contributed by atoms with E-state index in [9.17, 15) is 9.59 Å². The van der Waals surface area contributed by atoms with Crippen molar-refractivity contribution in [3.05, 3.63) is 24.3 Å². The molecule has 2 amide bonds. The Kier molecular flexibility index (Phi) is 5.68. The van der Waals surface area contributed by atoms with Gasteiger partial charge in [0.15, 0.2) is 0 Å². The highest BCUT2D eigenvalue weighted by molar-refractivity contribution is 8.13. The largest absolute Gasteiger partial charge is 0.461 e. The Hall–Kier alpha value is -2.22. The number of hydrogen-bond donors (Lipinski definition) is 3. The standard InChI is InChI=1S/C11H14N4O3S/c1-13-10(15-9(12)16)14-7-4-3-5-8(6-7)19-11(17)18-2/h3-6H,1-2H3,(H4,12,13,14,15,16). The van der Waals surface area contributed by atoms with Crippen molar-refractivity contribution in [1.29, 1.82) is 0 Å². The summed E-state index contributed by atoms with van der Waals surface area (Å²) in [7, 11) is 2.82. The number of ether oxygens (including phenoxy) is 1. The van der Waals surface area contributed by atoms with Crippen LogP contribution in [0.4, 0.5) is 15.3 Å². The number of amides is 2. The van der Waals surface area contributed by atoms with E-state index in [1.54, 1.807) is 24.3 Å².